The Labute approximate surface area is 320 Å². The Kier molecular flexibility index (Phi) is 10.3. The van der Waals surface area contributed by atoms with E-state index in [4.69, 9.17) is 14.2 Å². The molecule has 5 aliphatic rings. The van der Waals surface area contributed by atoms with Crippen molar-refractivity contribution in [2.24, 2.45) is 11.8 Å². The molecule has 1 aromatic heterocycles. The van der Waals surface area contributed by atoms with E-state index in [0.717, 1.165) is 12.8 Å². The predicted molar refractivity (Wildman–Crippen MR) is 199 cm³/mol. The Morgan fingerprint density at radius 1 is 1.15 bits per heavy atom. The normalized spacial score (nSPS) is 29.4. The zero-order valence-corrected chi connectivity index (χ0v) is 32.6. The minimum Gasteiger partial charge on any atom is -0.497 e. The second-order valence-electron chi connectivity index (χ2n) is 16.5. The summed E-state index contributed by atoms with van der Waals surface area (Å²) < 4.78 is 60.6. The van der Waals surface area contributed by atoms with E-state index in [1.807, 2.05) is 26.0 Å². The molecule has 4 amide bonds. The molecule has 3 fully saturated rings. The van der Waals surface area contributed by atoms with Crippen molar-refractivity contribution >= 4 is 44.7 Å². The van der Waals surface area contributed by atoms with Crippen LogP contribution in [0.25, 0.3) is 10.9 Å². The fourth-order valence-electron chi connectivity index (χ4n) is 8.02. The first-order chi connectivity index (χ1) is 26.1. The zero-order chi connectivity index (χ0) is 39.3. The Morgan fingerprint density at radius 3 is 2.65 bits per heavy atom. The predicted octanol–water partition coefficient (Wildman–Crippen LogP) is 4.19. The van der Waals surface area contributed by atoms with Crippen molar-refractivity contribution in [2.75, 3.05) is 20.3 Å². The van der Waals surface area contributed by atoms with Gasteiger partial charge in [-0.15, -0.1) is 0 Å². The molecule has 14 nitrogen and oxygen atoms in total. The lowest BCUT2D eigenvalue weighted by atomic mass is 9.87. The molecule has 7 rings (SSSR count). The number of fused-ring (bicyclic) bond motifs is 5. The summed E-state index contributed by atoms with van der Waals surface area (Å²) in [6, 6.07) is 2.86. The molecule has 4 heterocycles. The number of carbonyl (C=O) groups is 4. The summed E-state index contributed by atoms with van der Waals surface area (Å²) in [7, 11) is -2.49. The number of methoxy groups -OCH3 is 1. The van der Waals surface area contributed by atoms with Crippen LogP contribution >= 0.6 is 0 Å². The number of halogens is 1. The van der Waals surface area contributed by atoms with Crippen molar-refractivity contribution in [2.45, 2.75) is 119 Å². The maximum absolute atomic E-state index is 15.7. The molecular weight excluding hydrogens is 734 g/mol. The number of rotatable bonds is 7. The van der Waals surface area contributed by atoms with Gasteiger partial charge in [-0.05, 0) is 82.4 Å². The Balaban J connectivity index is 1.23. The second kappa shape index (κ2) is 14.6. The molecule has 1 aromatic carbocycles. The lowest BCUT2D eigenvalue weighted by Crippen LogP contribution is -2.58. The molecule has 0 bridgehead atoms. The first-order valence-electron chi connectivity index (χ1n) is 19.2. The average Bonchev–Trinajstić information content (AvgIpc) is 4.04. The number of pyridine rings is 1. The van der Waals surface area contributed by atoms with E-state index in [0.29, 0.717) is 60.7 Å². The molecule has 3 N–H and O–H groups in total. The number of aromatic nitrogens is 1. The molecule has 16 heteroatoms. The largest absolute Gasteiger partial charge is 0.497 e. The average molecular weight is 784 g/mol. The monoisotopic (exact) mass is 783 g/mol. The smallest absolute Gasteiger partial charge is 0.407 e. The van der Waals surface area contributed by atoms with Crippen LogP contribution in [0.15, 0.2) is 30.4 Å². The molecule has 3 aliphatic heterocycles. The molecule has 298 valence electrons. The van der Waals surface area contributed by atoms with Crippen molar-refractivity contribution < 1.29 is 46.2 Å². The highest BCUT2D eigenvalue weighted by Crippen LogP contribution is 2.49. The standard InChI is InChI=1S/C39H50FN5O9S/c1-23(2)21-53-36(49)42-29-11-9-7-5-6-8-10-24-19-39(24,35(48)44-55(50,51)37(3)16-17-37)43-33(46)30-20-38(22-45(30)34(29)47)15-14-26-27-18-25(52-4)12-13-28(27)41-32(40)31(26)54-38/h8,10,12-13,18,23-24,29-30H,5-7,9,11,14-17,19-22H2,1-4H3,(H,42,49)(H,43,46)(H,44,48)/b10-8-/t24-,29+,30+,38-,39-/m1/s1. The highest BCUT2D eigenvalue weighted by Gasteiger charge is 2.64. The lowest BCUT2D eigenvalue weighted by Gasteiger charge is -2.36. The van der Waals surface area contributed by atoms with Gasteiger partial charge in [0.15, 0.2) is 5.75 Å². The Hall–Kier alpha value is -4.47. The summed E-state index contributed by atoms with van der Waals surface area (Å²) in [5.74, 6) is -2.80. The van der Waals surface area contributed by atoms with Gasteiger partial charge in [0, 0.05) is 23.3 Å². The van der Waals surface area contributed by atoms with E-state index < -0.39 is 73.7 Å². The van der Waals surface area contributed by atoms with Gasteiger partial charge in [-0.1, -0.05) is 38.8 Å². The number of aryl methyl sites for hydroxylation is 1. The van der Waals surface area contributed by atoms with E-state index in [-0.39, 0.29) is 44.1 Å². The van der Waals surface area contributed by atoms with E-state index in [1.165, 1.54) is 12.0 Å². The highest BCUT2D eigenvalue weighted by molar-refractivity contribution is 7.91. The number of alkyl carbamates (subject to hydrolysis) is 1. The summed E-state index contributed by atoms with van der Waals surface area (Å²) in [6.45, 7) is 5.38. The van der Waals surface area contributed by atoms with Gasteiger partial charge >= 0.3 is 6.09 Å². The van der Waals surface area contributed by atoms with Crippen LogP contribution in [0.4, 0.5) is 9.18 Å². The Morgan fingerprint density at radius 2 is 1.93 bits per heavy atom. The second-order valence-corrected chi connectivity index (χ2v) is 18.7. The minimum atomic E-state index is -4.02. The van der Waals surface area contributed by atoms with Crippen molar-refractivity contribution in [3.63, 3.8) is 0 Å². The van der Waals surface area contributed by atoms with Gasteiger partial charge in [-0.25, -0.2) is 18.2 Å². The summed E-state index contributed by atoms with van der Waals surface area (Å²) in [6.07, 6.45) is 7.65. The maximum Gasteiger partial charge on any atom is 0.407 e. The van der Waals surface area contributed by atoms with Gasteiger partial charge in [-0.3, -0.25) is 19.1 Å². The summed E-state index contributed by atoms with van der Waals surface area (Å²) >= 11 is 0. The summed E-state index contributed by atoms with van der Waals surface area (Å²) in [4.78, 5) is 61.5. The number of hydrogen-bond acceptors (Lipinski definition) is 10. The van der Waals surface area contributed by atoms with Crippen LogP contribution in [0.3, 0.4) is 0 Å². The highest BCUT2D eigenvalue weighted by atomic mass is 32.2. The van der Waals surface area contributed by atoms with E-state index >= 15 is 4.39 Å². The van der Waals surface area contributed by atoms with Crippen LogP contribution in [-0.4, -0.2) is 90.3 Å². The molecule has 2 aliphatic carbocycles. The molecule has 2 saturated carbocycles. The van der Waals surface area contributed by atoms with Gasteiger partial charge in [0.2, 0.25) is 21.8 Å². The third-order valence-corrected chi connectivity index (χ3v) is 14.0. The summed E-state index contributed by atoms with van der Waals surface area (Å²) in [5.41, 5.74) is -1.77. The molecule has 0 unspecified atom stereocenters. The van der Waals surface area contributed by atoms with Crippen molar-refractivity contribution in [1.82, 2.24) is 25.2 Å². The van der Waals surface area contributed by atoms with E-state index in [1.54, 1.807) is 25.1 Å². The van der Waals surface area contributed by atoms with Gasteiger partial charge in [0.05, 0.1) is 30.5 Å². The Bertz CT molecular complexity index is 2040. The molecule has 0 radical (unpaired) electrons. The van der Waals surface area contributed by atoms with Crippen molar-refractivity contribution in [1.29, 1.82) is 0 Å². The fraction of sp³-hybridized carbons (Fsp3) is 0.615. The first-order valence-corrected chi connectivity index (χ1v) is 20.7. The lowest BCUT2D eigenvalue weighted by molar-refractivity contribution is -0.141. The SMILES string of the molecule is COc1ccc2nc(F)c3c(c2c1)CC[C@]1(C[C@H]2C(=O)N[C@]4(C(=O)NS(=O)(=O)C5(C)CC5)C[C@H]4/C=C\CCCCC[C@H](NC(=O)OCC(C)C)C(=O)N2C1)O3. The number of sulfonamides is 1. The van der Waals surface area contributed by atoms with Gasteiger partial charge in [0.1, 0.15) is 29.0 Å². The number of nitrogens with zero attached hydrogens (tertiary/aromatic N) is 2. The fourth-order valence-corrected chi connectivity index (χ4v) is 9.34. The van der Waals surface area contributed by atoms with E-state index in [2.05, 4.69) is 20.3 Å². The van der Waals surface area contributed by atoms with E-state index in [9.17, 15) is 27.6 Å². The molecule has 5 atom stereocenters. The number of hydrogen-bond donors (Lipinski definition) is 3. The third kappa shape index (κ3) is 7.58. The third-order valence-electron chi connectivity index (χ3n) is 11.8. The van der Waals surface area contributed by atoms with Crippen LogP contribution in [0.2, 0.25) is 0 Å². The number of allylic oxidation sites excluding steroid dienone is 1. The van der Waals surface area contributed by atoms with Crippen LogP contribution < -0.4 is 24.8 Å². The molecule has 1 spiro atoms. The molecule has 2 aromatic rings. The topological polar surface area (TPSA) is 182 Å². The molecule has 55 heavy (non-hydrogen) atoms. The summed E-state index contributed by atoms with van der Waals surface area (Å²) in [5, 5.41) is 6.26. The minimum absolute atomic E-state index is 0.0569. The van der Waals surface area contributed by atoms with Gasteiger partial charge in [0.25, 0.3) is 11.9 Å². The van der Waals surface area contributed by atoms with Gasteiger partial charge in [-0.2, -0.15) is 4.39 Å². The number of carbonyl (C=O) groups excluding carboxylic acids is 4. The molecule has 1 saturated heterocycles. The molecular formula is C39H50FN5O9S. The van der Waals surface area contributed by atoms with Crippen molar-refractivity contribution in [3.05, 3.63) is 41.9 Å². The zero-order valence-electron chi connectivity index (χ0n) is 31.7. The van der Waals surface area contributed by atoms with Crippen molar-refractivity contribution in [3.8, 4) is 11.5 Å². The van der Waals surface area contributed by atoms with Crippen LogP contribution in [0, 0.1) is 17.8 Å². The van der Waals surface area contributed by atoms with Gasteiger partial charge < -0.3 is 29.7 Å². The first kappa shape index (κ1) is 38.8. The van der Waals surface area contributed by atoms with Crippen LogP contribution in [0.5, 0.6) is 11.5 Å². The maximum atomic E-state index is 15.7. The number of ether oxygens (including phenoxy) is 3. The number of benzene rings is 1. The number of amides is 4. The van der Waals surface area contributed by atoms with Crippen LogP contribution in [-0.2, 0) is 35.6 Å². The number of nitrogens with one attached hydrogen (secondary N) is 3. The van der Waals surface area contributed by atoms with Crippen LogP contribution in [0.1, 0.15) is 90.5 Å². The quantitative estimate of drug-likeness (QED) is 0.272.